The zero-order chi connectivity index (χ0) is 15.6. The van der Waals surface area contributed by atoms with Crippen LogP contribution in [0.1, 0.15) is 5.82 Å². The maximum atomic E-state index is 5.33. The molecule has 0 bridgehead atoms. The van der Waals surface area contributed by atoms with E-state index in [4.69, 9.17) is 23.3 Å². The van der Waals surface area contributed by atoms with Crippen molar-refractivity contribution in [1.29, 1.82) is 0 Å². The Balaban J connectivity index is 1.58. The molecule has 3 aromatic rings. The molecule has 0 unspecified atom stereocenters. The van der Waals surface area contributed by atoms with Gasteiger partial charge in [-0.3, -0.25) is 0 Å². The Kier molecular flexibility index (Phi) is 3.39. The van der Waals surface area contributed by atoms with Crippen molar-refractivity contribution in [3.63, 3.8) is 0 Å². The van der Waals surface area contributed by atoms with Gasteiger partial charge in [-0.15, -0.1) is 0 Å². The fourth-order valence-corrected chi connectivity index (χ4v) is 2.10. The first-order valence-electron chi connectivity index (χ1n) is 6.89. The van der Waals surface area contributed by atoms with Crippen LogP contribution in [0, 0.1) is 0 Å². The molecule has 0 amide bonds. The third-order valence-electron chi connectivity index (χ3n) is 3.24. The lowest BCUT2D eigenvalue weighted by Gasteiger charge is -1.97. The number of benzene rings is 1. The minimum absolute atomic E-state index is 0.161. The molecule has 0 fully saturated rings. The highest BCUT2D eigenvalue weighted by Crippen LogP contribution is 2.35. The summed E-state index contributed by atoms with van der Waals surface area (Å²) in [6.07, 6.45) is 0.545. The van der Waals surface area contributed by atoms with Gasteiger partial charge in [0.25, 0.3) is 0 Å². The van der Waals surface area contributed by atoms with Crippen molar-refractivity contribution >= 4 is 0 Å². The third kappa shape index (κ3) is 2.61. The van der Waals surface area contributed by atoms with Crippen LogP contribution in [0.4, 0.5) is 0 Å². The highest BCUT2D eigenvalue weighted by molar-refractivity contribution is 5.62. The van der Waals surface area contributed by atoms with Crippen molar-refractivity contribution in [3.05, 3.63) is 24.0 Å². The number of fused-ring (bicyclic) bond motifs is 1. The second-order valence-corrected chi connectivity index (χ2v) is 4.75. The van der Waals surface area contributed by atoms with E-state index in [1.54, 1.807) is 19.2 Å². The van der Waals surface area contributed by atoms with Gasteiger partial charge in [0.2, 0.25) is 12.6 Å². The van der Waals surface area contributed by atoms with Gasteiger partial charge >= 0.3 is 11.8 Å². The van der Waals surface area contributed by atoms with Crippen molar-refractivity contribution in [2.45, 2.75) is 6.42 Å². The van der Waals surface area contributed by atoms with E-state index < -0.39 is 0 Å². The molecule has 0 spiro atoms. The molecule has 1 aliphatic rings. The van der Waals surface area contributed by atoms with Crippen LogP contribution in [0.5, 0.6) is 11.5 Å². The van der Waals surface area contributed by atoms with Gasteiger partial charge in [0.05, 0.1) is 6.61 Å². The van der Waals surface area contributed by atoms with E-state index in [-0.39, 0.29) is 18.6 Å². The van der Waals surface area contributed by atoms with Crippen molar-refractivity contribution < 1.29 is 23.3 Å². The van der Waals surface area contributed by atoms with Crippen LogP contribution < -0.4 is 9.47 Å². The number of nitrogens with zero attached hydrogens (tertiary/aromatic N) is 4. The largest absolute Gasteiger partial charge is 0.454 e. The van der Waals surface area contributed by atoms with Crippen LogP contribution in [-0.2, 0) is 11.2 Å². The first-order chi connectivity index (χ1) is 11.3. The number of aromatic nitrogens is 4. The van der Waals surface area contributed by atoms with Gasteiger partial charge in [-0.25, -0.2) is 0 Å². The smallest absolute Gasteiger partial charge is 0.316 e. The molecule has 2 aromatic heterocycles. The van der Waals surface area contributed by atoms with Crippen molar-refractivity contribution in [2.75, 3.05) is 20.5 Å². The van der Waals surface area contributed by atoms with E-state index in [0.717, 1.165) is 5.56 Å². The Morgan fingerprint density at radius 3 is 2.78 bits per heavy atom. The van der Waals surface area contributed by atoms with Crippen LogP contribution in [0.3, 0.4) is 0 Å². The van der Waals surface area contributed by atoms with Gasteiger partial charge in [-0.2, -0.15) is 9.97 Å². The summed E-state index contributed by atoms with van der Waals surface area (Å²) in [6, 6.07) is 5.40. The second kappa shape index (κ2) is 5.69. The monoisotopic (exact) mass is 316 g/mol. The van der Waals surface area contributed by atoms with Crippen LogP contribution >= 0.6 is 0 Å². The lowest BCUT2D eigenvalue weighted by molar-refractivity contribution is 0.174. The minimum Gasteiger partial charge on any atom is -0.454 e. The van der Waals surface area contributed by atoms with E-state index in [1.165, 1.54) is 0 Å². The number of rotatable bonds is 5. The summed E-state index contributed by atoms with van der Waals surface area (Å²) in [5, 5.41) is 7.75. The Hall–Kier alpha value is -2.94. The average Bonchev–Trinajstić information content (AvgIpc) is 3.30. The van der Waals surface area contributed by atoms with E-state index >= 15 is 0 Å². The summed E-state index contributed by atoms with van der Waals surface area (Å²) >= 11 is 0. The normalized spacial score (nSPS) is 12.7. The molecule has 23 heavy (non-hydrogen) atoms. The summed E-state index contributed by atoms with van der Waals surface area (Å²) in [5.41, 5.74) is 0.739. The van der Waals surface area contributed by atoms with Gasteiger partial charge in [0.15, 0.2) is 17.3 Å². The van der Waals surface area contributed by atoms with E-state index in [1.807, 2.05) is 6.07 Å². The zero-order valence-electron chi connectivity index (χ0n) is 12.2. The lowest BCUT2D eigenvalue weighted by Crippen LogP contribution is -1.96. The minimum atomic E-state index is 0.161. The highest BCUT2D eigenvalue weighted by Gasteiger charge is 2.19. The van der Waals surface area contributed by atoms with Crippen LogP contribution in [0.15, 0.2) is 27.2 Å². The van der Waals surface area contributed by atoms with Gasteiger partial charge in [0, 0.05) is 19.1 Å². The first-order valence-corrected chi connectivity index (χ1v) is 6.89. The van der Waals surface area contributed by atoms with Gasteiger partial charge in [-0.05, 0) is 18.2 Å². The van der Waals surface area contributed by atoms with Gasteiger partial charge < -0.3 is 23.3 Å². The Bertz CT molecular complexity index is 828. The third-order valence-corrected chi connectivity index (χ3v) is 3.24. The lowest BCUT2D eigenvalue weighted by atomic mass is 10.2. The highest BCUT2D eigenvalue weighted by atomic mass is 16.7. The number of hydrogen-bond donors (Lipinski definition) is 0. The zero-order valence-corrected chi connectivity index (χ0v) is 12.2. The average molecular weight is 316 g/mol. The number of ether oxygens (including phenoxy) is 3. The number of hydrogen-bond acceptors (Lipinski definition) is 9. The summed E-state index contributed by atoms with van der Waals surface area (Å²) in [6.45, 7) is 0.716. The molecule has 0 saturated carbocycles. The van der Waals surface area contributed by atoms with Crippen LogP contribution in [0.2, 0.25) is 0 Å². The molecule has 0 atom stereocenters. The molecule has 9 heteroatoms. The van der Waals surface area contributed by atoms with Crippen LogP contribution in [0.25, 0.3) is 23.2 Å². The summed E-state index contributed by atoms with van der Waals surface area (Å²) in [7, 11) is 1.61. The van der Waals surface area contributed by atoms with Gasteiger partial charge in [-0.1, -0.05) is 10.3 Å². The molecule has 0 saturated heterocycles. The molecular formula is C14H12N4O5. The number of methoxy groups -OCH3 is 1. The summed E-state index contributed by atoms with van der Waals surface area (Å²) in [5.74, 6) is 2.59. The molecule has 118 valence electrons. The molecule has 0 N–H and O–H groups in total. The summed E-state index contributed by atoms with van der Waals surface area (Å²) in [4.78, 5) is 8.45. The predicted octanol–water partition coefficient (Wildman–Crippen LogP) is 1.70. The second-order valence-electron chi connectivity index (χ2n) is 4.75. The van der Waals surface area contributed by atoms with Crippen molar-refractivity contribution in [1.82, 2.24) is 20.3 Å². The SMILES string of the molecule is COCCc1noc(-c2nc(-c3ccc4c(c3)OCO4)no2)n1. The molecule has 9 nitrogen and oxygen atoms in total. The molecule has 1 aliphatic heterocycles. The summed E-state index contributed by atoms with van der Waals surface area (Å²) < 4.78 is 25.9. The Morgan fingerprint density at radius 1 is 1.04 bits per heavy atom. The maximum Gasteiger partial charge on any atom is 0.316 e. The van der Waals surface area contributed by atoms with Crippen LogP contribution in [-0.4, -0.2) is 40.8 Å². The molecule has 1 aromatic carbocycles. The van der Waals surface area contributed by atoms with E-state index in [2.05, 4.69) is 20.3 Å². The van der Waals surface area contributed by atoms with E-state index in [9.17, 15) is 0 Å². The molecular weight excluding hydrogens is 304 g/mol. The first kappa shape index (κ1) is 13.7. The molecule has 0 aliphatic carbocycles. The van der Waals surface area contributed by atoms with Crippen molar-refractivity contribution in [3.8, 4) is 34.7 Å². The molecule has 4 rings (SSSR count). The fourth-order valence-electron chi connectivity index (χ4n) is 2.10. The van der Waals surface area contributed by atoms with Gasteiger partial charge in [0.1, 0.15) is 0 Å². The van der Waals surface area contributed by atoms with E-state index in [0.29, 0.717) is 36.2 Å². The standard InChI is InChI=1S/C14H12N4O5/c1-19-5-4-11-15-13(22-17-11)14-16-12(18-23-14)8-2-3-9-10(6-8)21-7-20-9/h2-3,6H,4-5,7H2,1H3. The maximum absolute atomic E-state index is 5.33. The topological polar surface area (TPSA) is 106 Å². The Labute approximate surface area is 130 Å². The van der Waals surface area contributed by atoms with Crippen molar-refractivity contribution in [2.24, 2.45) is 0 Å². The Morgan fingerprint density at radius 2 is 1.87 bits per heavy atom. The molecule has 3 heterocycles. The predicted molar refractivity (Wildman–Crippen MR) is 74.7 cm³/mol. The molecule has 0 radical (unpaired) electrons. The quantitative estimate of drug-likeness (QED) is 0.695. The fraction of sp³-hybridized carbons (Fsp3) is 0.286.